The molecular formula is C23H28BrN3O4S2. The topological polar surface area (TPSA) is 87.7 Å². The van der Waals surface area contributed by atoms with Gasteiger partial charge in [-0.15, -0.1) is 0 Å². The van der Waals surface area contributed by atoms with Crippen LogP contribution in [0.1, 0.15) is 44.0 Å². The summed E-state index contributed by atoms with van der Waals surface area (Å²) in [6, 6.07) is 11.4. The Morgan fingerprint density at radius 2 is 1.79 bits per heavy atom. The standard InChI is InChI=1S/C23H28BrN3O4S2/c1-15(2)31-21-9-4-17(14-20(21)24)22(28)26-23(32)25-18-5-7-19(8-6-18)33(29,30)27-12-10-16(3)11-13-27/h4-9,14-16H,10-13H2,1-3H3,(H2,25,26,28,32). The largest absolute Gasteiger partial charge is 0.490 e. The highest BCUT2D eigenvalue weighted by molar-refractivity contribution is 9.10. The van der Waals surface area contributed by atoms with Gasteiger partial charge >= 0.3 is 0 Å². The molecule has 178 valence electrons. The minimum atomic E-state index is -3.51. The Kier molecular flexibility index (Phi) is 8.49. The Bertz CT molecular complexity index is 1110. The predicted molar refractivity (Wildman–Crippen MR) is 137 cm³/mol. The summed E-state index contributed by atoms with van der Waals surface area (Å²) in [7, 11) is -3.51. The number of nitrogens with one attached hydrogen (secondary N) is 2. The molecule has 1 saturated heterocycles. The lowest BCUT2D eigenvalue weighted by molar-refractivity contribution is 0.0977. The third-order valence-corrected chi connectivity index (χ3v) is 8.01. The smallest absolute Gasteiger partial charge is 0.257 e. The Hall–Kier alpha value is -2.01. The van der Waals surface area contributed by atoms with Crippen molar-refractivity contribution >= 4 is 54.9 Å². The molecule has 0 bridgehead atoms. The van der Waals surface area contributed by atoms with Crippen molar-refractivity contribution < 1.29 is 17.9 Å². The number of halogens is 1. The van der Waals surface area contributed by atoms with Crippen molar-refractivity contribution in [1.82, 2.24) is 9.62 Å². The fourth-order valence-corrected chi connectivity index (χ4v) is 5.57. The van der Waals surface area contributed by atoms with E-state index in [0.717, 1.165) is 12.8 Å². The van der Waals surface area contributed by atoms with Crippen LogP contribution in [0.25, 0.3) is 0 Å². The van der Waals surface area contributed by atoms with Crippen molar-refractivity contribution in [3.8, 4) is 5.75 Å². The highest BCUT2D eigenvalue weighted by atomic mass is 79.9. The van der Waals surface area contributed by atoms with Crippen LogP contribution in [0.3, 0.4) is 0 Å². The molecular weight excluding hydrogens is 526 g/mol. The first-order valence-electron chi connectivity index (χ1n) is 10.7. The SMILES string of the molecule is CC1CCN(S(=O)(=O)c2ccc(NC(=S)NC(=O)c3ccc(OC(C)C)c(Br)c3)cc2)CC1. The van der Waals surface area contributed by atoms with E-state index in [1.165, 1.54) is 4.31 Å². The summed E-state index contributed by atoms with van der Waals surface area (Å²) in [5.74, 6) is 0.825. The quantitative estimate of drug-likeness (QED) is 0.500. The van der Waals surface area contributed by atoms with Crippen LogP contribution in [-0.4, -0.2) is 42.9 Å². The zero-order valence-electron chi connectivity index (χ0n) is 18.8. The van der Waals surface area contributed by atoms with Crippen LogP contribution < -0.4 is 15.4 Å². The van der Waals surface area contributed by atoms with Gasteiger partial charge in [-0.25, -0.2) is 8.42 Å². The number of anilines is 1. The second kappa shape index (κ2) is 10.9. The summed E-state index contributed by atoms with van der Waals surface area (Å²) in [6.07, 6.45) is 1.76. The van der Waals surface area contributed by atoms with Crippen molar-refractivity contribution in [3.05, 3.63) is 52.5 Å². The molecule has 10 heteroatoms. The first-order valence-corrected chi connectivity index (χ1v) is 13.4. The molecule has 0 radical (unpaired) electrons. The first-order chi connectivity index (χ1) is 15.6. The maximum absolute atomic E-state index is 12.9. The summed E-state index contributed by atoms with van der Waals surface area (Å²) in [6.45, 7) is 7.07. The Balaban J connectivity index is 1.59. The van der Waals surface area contributed by atoms with Crippen molar-refractivity contribution in [2.24, 2.45) is 5.92 Å². The van der Waals surface area contributed by atoms with Crippen LogP contribution >= 0.6 is 28.1 Å². The number of ether oxygens (including phenoxy) is 1. The number of nitrogens with zero attached hydrogens (tertiary/aromatic N) is 1. The zero-order valence-corrected chi connectivity index (χ0v) is 22.0. The van der Waals surface area contributed by atoms with Crippen LogP contribution in [0.4, 0.5) is 5.69 Å². The summed E-state index contributed by atoms with van der Waals surface area (Å²) in [5, 5.41) is 5.65. The lowest BCUT2D eigenvalue weighted by atomic mass is 10.0. The van der Waals surface area contributed by atoms with Gasteiger partial charge in [0.2, 0.25) is 10.0 Å². The van der Waals surface area contributed by atoms with Gasteiger partial charge in [-0.1, -0.05) is 6.92 Å². The number of benzene rings is 2. The molecule has 1 fully saturated rings. The molecule has 0 saturated carbocycles. The second-order valence-corrected chi connectivity index (χ2v) is 11.5. The summed E-state index contributed by atoms with van der Waals surface area (Å²) in [4.78, 5) is 12.8. The number of thiocarbonyl (C=S) groups is 1. The second-order valence-electron chi connectivity index (χ2n) is 8.33. The highest BCUT2D eigenvalue weighted by Crippen LogP contribution is 2.27. The molecule has 2 aromatic carbocycles. The van der Waals surface area contributed by atoms with E-state index >= 15 is 0 Å². The van der Waals surface area contributed by atoms with E-state index in [1.807, 2.05) is 13.8 Å². The number of rotatable bonds is 6. The average molecular weight is 555 g/mol. The van der Waals surface area contributed by atoms with E-state index in [1.54, 1.807) is 42.5 Å². The fourth-order valence-electron chi connectivity index (χ4n) is 3.41. The van der Waals surface area contributed by atoms with E-state index in [0.29, 0.717) is 40.5 Å². The maximum atomic E-state index is 12.9. The van der Waals surface area contributed by atoms with Crippen LogP contribution in [0.2, 0.25) is 0 Å². The molecule has 1 heterocycles. The molecule has 2 N–H and O–H groups in total. The zero-order chi connectivity index (χ0) is 24.2. The minimum Gasteiger partial charge on any atom is -0.490 e. The van der Waals surface area contributed by atoms with E-state index < -0.39 is 10.0 Å². The Labute approximate surface area is 209 Å². The van der Waals surface area contributed by atoms with Gasteiger partial charge in [0.15, 0.2) is 5.11 Å². The van der Waals surface area contributed by atoms with Crippen LogP contribution in [0.5, 0.6) is 5.75 Å². The molecule has 0 unspecified atom stereocenters. The number of amides is 1. The number of piperidine rings is 1. The molecule has 3 rings (SSSR count). The maximum Gasteiger partial charge on any atom is 0.257 e. The number of sulfonamides is 1. The Morgan fingerprint density at radius 3 is 2.36 bits per heavy atom. The number of carbonyl (C=O) groups is 1. The summed E-state index contributed by atoms with van der Waals surface area (Å²) < 4.78 is 33.6. The van der Waals surface area contributed by atoms with Crippen molar-refractivity contribution in [1.29, 1.82) is 0 Å². The average Bonchev–Trinajstić information content (AvgIpc) is 2.75. The lowest BCUT2D eigenvalue weighted by Gasteiger charge is -2.29. The number of carbonyl (C=O) groups excluding carboxylic acids is 1. The number of hydrogen-bond donors (Lipinski definition) is 2. The third-order valence-electron chi connectivity index (χ3n) is 5.28. The lowest BCUT2D eigenvalue weighted by Crippen LogP contribution is -2.37. The molecule has 2 aromatic rings. The molecule has 0 aromatic heterocycles. The van der Waals surface area contributed by atoms with Gasteiger partial charge in [0.1, 0.15) is 5.75 Å². The van der Waals surface area contributed by atoms with E-state index in [4.69, 9.17) is 17.0 Å². The van der Waals surface area contributed by atoms with E-state index in [2.05, 4.69) is 33.5 Å². The summed E-state index contributed by atoms with van der Waals surface area (Å²) in [5.41, 5.74) is 0.993. The van der Waals surface area contributed by atoms with Crippen LogP contribution in [0.15, 0.2) is 51.8 Å². The van der Waals surface area contributed by atoms with Crippen molar-refractivity contribution in [3.63, 3.8) is 0 Å². The molecule has 0 aliphatic carbocycles. The van der Waals surface area contributed by atoms with Gasteiger partial charge in [0, 0.05) is 24.3 Å². The normalized spacial score (nSPS) is 15.3. The van der Waals surface area contributed by atoms with E-state index in [-0.39, 0.29) is 22.0 Å². The highest BCUT2D eigenvalue weighted by Gasteiger charge is 2.27. The van der Waals surface area contributed by atoms with Gasteiger partial charge in [-0.05, 0) is 103 Å². The number of hydrogen-bond acceptors (Lipinski definition) is 5. The molecule has 7 nitrogen and oxygen atoms in total. The van der Waals surface area contributed by atoms with Gasteiger partial charge in [-0.2, -0.15) is 4.31 Å². The van der Waals surface area contributed by atoms with Crippen LogP contribution in [0, 0.1) is 5.92 Å². The molecule has 1 aliphatic heterocycles. The third kappa shape index (κ3) is 6.75. The first kappa shape index (κ1) is 25.6. The van der Waals surface area contributed by atoms with E-state index in [9.17, 15) is 13.2 Å². The van der Waals surface area contributed by atoms with Crippen molar-refractivity contribution in [2.45, 2.75) is 44.6 Å². The molecule has 1 amide bonds. The van der Waals surface area contributed by atoms with Gasteiger partial charge in [-0.3, -0.25) is 10.1 Å². The van der Waals surface area contributed by atoms with Gasteiger partial charge in [0.25, 0.3) is 5.91 Å². The van der Waals surface area contributed by atoms with Gasteiger partial charge < -0.3 is 10.1 Å². The molecule has 0 atom stereocenters. The monoisotopic (exact) mass is 553 g/mol. The molecule has 0 spiro atoms. The molecule has 1 aliphatic rings. The van der Waals surface area contributed by atoms with Crippen molar-refractivity contribution in [2.75, 3.05) is 18.4 Å². The van der Waals surface area contributed by atoms with Gasteiger partial charge in [0.05, 0.1) is 15.5 Å². The molecule has 33 heavy (non-hydrogen) atoms. The minimum absolute atomic E-state index is 0.0164. The Morgan fingerprint density at radius 1 is 1.15 bits per heavy atom. The fraction of sp³-hybridized carbons (Fsp3) is 0.391. The predicted octanol–water partition coefficient (Wildman–Crippen LogP) is 4.78. The van der Waals surface area contributed by atoms with Crippen LogP contribution in [-0.2, 0) is 10.0 Å². The summed E-state index contributed by atoms with van der Waals surface area (Å²) >= 11 is 8.65.